The Morgan fingerprint density at radius 1 is 0.259 bits per heavy atom. The van der Waals surface area contributed by atoms with Crippen molar-refractivity contribution in [1.82, 2.24) is 28.2 Å². The first-order valence-corrected chi connectivity index (χ1v) is 19.7. The highest BCUT2D eigenvalue weighted by Gasteiger charge is 2.23. The topological polar surface area (TPSA) is 45.5 Å². The van der Waals surface area contributed by atoms with Gasteiger partial charge >= 0.3 is 0 Å². The van der Waals surface area contributed by atoms with Gasteiger partial charge in [0.2, 0.25) is 5.95 Å². The van der Waals surface area contributed by atoms with Gasteiger partial charge in [0.15, 0.2) is 0 Å². The zero-order chi connectivity index (χ0) is 37.9. The molecule has 58 heavy (non-hydrogen) atoms. The molecule has 0 aliphatic carbocycles. The third kappa shape index (κ3) is 4.20. The standard InChI is InChI=1S/C52H32N6/c1-8-23-40-33(16-1)34-17-2-9-24-41(34)55(40)47-30-15-31-48-51(47)39-22-7-14-29-46(39)58(48)52-53-49(56-42-25-10-3-18-35(42)36-19-4-11-26-43(36)56)32-50(54-52)57-44-27-12-5-20-37(44)38-21-6-13-28-45(38)57/h1-32H. The molecular formula is C52H32N6. The smallest absolute Gasteiger partial charge is 0.238 e. The van der Waals surface area contributed by atoms with E-state index in [2.05, 4.69) is 212 Å². The lowest BCUT2D eigenvalue weighted by molar-refractivity contribution is 0.918. The third-order valence-corrected chi connectivity index (χ3v) is 12.0. The van der Waals surface area contributed by atoms with Gasteiger partial charge in [0.05, 0.1) is 49.8 Å². The number of para-hydroxylation sites is 7. The molecule has 13 aromatic rings. The first-order chi connectivity index (χ1) is 28.8. The Kier molecular flexibility index (Phi) is 6.35. The van der Waals surface area contributed by atoms with Crippen molar-refractivity contribution in [2.75, 3.05) is 0 Å². The Morgan fingerprint density at radius 2 is 0.569 bits per heavy atom. The van der Waals surface area contributed by atoms with Crippen molar-refractivity contribution in [2.24, 2.45) is 0 Å². The monoisotopic (exact) mass is 740 g/mol. The van der Waals surface area contributed by atoms with Crippen LogP contribution in [0, 0.1) is 0 Å². The first kappa shape index (κ1) is 31.3. The molecule has 0 atom stereocenters. The lowest BCUT2D eigenvalue weighted by Gasteiger charge is -2.15. The van der Waals surface area contributed by atoms with Gasteiger partial charge in [-0.2, -0.15) is 9.97 Å². The Hall–Kier alpha value is -7.96. The number of hydrogen-bond donors (Lipinski definition) is 0. The molecule has 0 N–H and O–H groups in total. The summed E-state index contributed by atoms with van der Waals surface area (Å²) in [4.78, 5) is 11.2. The van der Waals surface area contributed by atoms with Gasteiger partial charge in [-0.1, -0.05) is 133 Å². The molecule has 0 fully saturated rings. The molecule has 0 spiro atoms. The summed E-state index contributed by atoms with van der Waals surface area (Å²) in [6.07, 6.45) is 0. The summed E-state index contributed by atoms with van der Waals surface area (Å²) in [5.74, 6) is 2.19. The fraction of sp³-hybridized carbons (Fsp3) is 0. The van der Waals surface area contributed by atoms with Crippen LogP contribution in [0.25, 0.3) is 110 Å². The predicted octanol–water partition coefficient (Wildman–Crippen LogP) is 12.9. The van der Waals surface area contributed by atoms with E-state index in [0.717, 1.165) is 61.2 Å². The van der Waals surface area contributed by atoms with Crippen LogP contribution in [-0.4, -0.2) is 28.2 Å². The second kappa shape index (κ2) is 11.8. The summed E-state index contributed by atoms with van der Waals surface area (Å²) >= 11 is 0. The summed E-state index contributed by atoms with van der Waals surface area (Å²) in [6.45, 7) is 0. The van der Waals surface area contributed by atoms with Crippen LogP contribution >= 0.6 is 0 Å². The number of aromatic nitrogens is 6. The van der Waals surface area contributed by atoms with Crippen molar-refractivity contribution in [2.45, 2.75) is 0 Å². The van der Waals surface area contributed by atoms with E-state index >= 15 is 0 Å². The normalized spacial score (nSPS) is 12.1. The molecular weight excluding hydrogens is 709 g/mol. The van der Waals surface area contributed by atoms with Crippen LogP contribution in [0.2, 0.25) is 0 Å². The zero-order valence-electron chi connectivity index (χ0n) is 31.2. The van der Waals surface area contributed by atoms with Gasteiger partial charge in [0, 0.05) is 49.2 Å². The summed E-state index contributed by atoms with van der Waals surface area (Å²) < 4.78 is 9.27. The van der Waals surface area contributed by atoms with Gasteiger partial charge in [-0.15, -0.1) is 0 Å². The maximum absolute atomic E-state index is 5.58. The second-order valence-corrected chi connectivity index (χ2v) is 15.0. The Morgan fingerprint density at radius 3 is 0.966 bits per heavy atom. The molecule has 0 saturated heterocycles. The first-order valence-electron chi connectivity index (χ1n) is 19.7. The summed E-state index contributed by atoms with van der Waals surface area (Å²) in [5, 5.41) is 9.49. The number of fused-ring (bicyclic) bond motifs is 12. The van der Waals surface area contributed by atoms with E-state index in [9.17, 15) is 0 Å². The van der Waals surface area contributed by atoms with Crippen molar-refractivity contribution in [3.05, 3.63) is 194 Å². The zero-order valence-corrected chi connectivity index (χ0v) is 31.2. The Bertz CT molecular complexity index is 3530. The van der Waals surface area contributed by atoms with Crippen LogP contribution in [-0.2, 0) is 0 Å². The van der Waals surface area contributed by atoms with E-state index in [0.29, 0.717) is 5.95 Å². The number of rotatable bonds is 4. The molecule has 13 rings (SSSR count). The molecule has 0 amide bonds. The summed E-state index contributed by atoms with van der Waals surface area (Å²) in [5.41, 5.74) is 9.92. The van der Waals surface area contributed by atoms with E-state index in [1.165, 1.54) is 43.4 Å². The van der Waals surface area contributed by atoms with Crippen LogP contribution in [0.1, 0.15) is 0 Å². The molecule has 0 aliphatic rings. The number of benzene rings is 8. The van der Waals surface area contributed by atoms with E-state index < -0.39 is 0 Å². The Balaban J connectivity index is 1.18. The number of nitrogens with zero attached hydrogens (tertiary/aromatic N) is 6. The largest absolute Gasteiger partial charge is 0.309 e. The second-order valence-electron chi connectivity index (χ2n) is 15.0. The minimum atomic E-state index is 0.599. The molecule has 8 aromatic carbocycles. The van der Waals surface area contributed by atoms with Gasteiger partial charge in [-0.25, -0.2) is 0 Å². The van der Waals surface area contributed by atoms with E-state index in [1.807, 2.05) is 0 Å². The van der Waals surface area contributed by atoms with Crippen molar-refractivity contribution in [3.8, 4) is 23.3 Å². The Labute approximate surface area is 331 Å². The van der Waals surface area contributed by atoms with E-state index in [-0.39, 0.29) is 0 Å². The molecule has 6 nitrogen and oxygen atoms in total. The van der Waals surface area contributed by atoms with Crippen LogP contribution < -0.4 is 0 Å². The number of hydrogen-bond acceptors (Lipinski definition) is 2. The molecule has 0 aliphatic heterocycles. The van der Waals surface area contributed by atoms with Crippen molar-refractivity contribution in [1.29, 1.82) is 0 Å². The third-order valence-electron chi connectivity index (χ3n) is 12.0. The quantitative estimate of drug-likeness (QED) is 0.180. The highest BCUT2D eigenvalue weighted by atomic mass is 15.2. The van der Waals surface area contributed by atoms with Gasteiger partial charge in [-0.3, -0.25) is 13.7 Å². The van der Waals surface area contributed by atoms with Crippen molar-refractivity contribution >= 4 is 87.2 Å². The molecule has 6 heteroatoms. The van der Waals surface area contributed by atoms with Gasteiger partial charge < -0.3 is 4.57 Å². The minimum absolute atomic E-state index is 0.599. The van der Waals surface area contributed by atoms with Gasteiger partial charge in [0.25, 0.3) is 0 Å². The van der Waals surface area contributed by atoms with Gasteiger partial charge in [0.1, 0.15) is 11.6 Å². The van der Waals surface area contributed by atoms with Crippen molar-refractivity contribution in [3.63, 3.8) is 0 Å². The molecule has 0 bridgehead atoms. The highest BCUT2D eigenvalue weighted by Crippen LogP contribution is 2.41. The SMILES string of the molecule is c1ccc2c(c1)c1ccccc1n2-c1cc(-n2c3ccccc3c3ccccc32)nc(-n2c3ccccc3c3c(-n4c5ccccc5c5ccccc54)cccc32)n1. The van der Waals surface area contributed by atoms with Crippen LogP contribution in [0.3, 0.4) is 0 Å². The molecule has 0 radical (unpaired) electrons. The van der Waals surface area contributed by atoms with E-state index in [1.54, 1.807) is 0 Å². The average molecular weight is 741 g/mol. The minimum Gasteiger partial charge on any atom is -0.309 e. The van der Waals surface area contributed by atoms with Crippen LogP contribution in [0.4, 0.5) is 0 Å². The van der Waals surface area contributed by atoms with Crippen LogP contribution in [0.15, 0.2) is 194 Å². The average Bonchev–Trinajstić information content (AvgIpc) is 4.01. The van der Waals surface area contributed by atoms with Crippen molar-refractivity contribution < 1.29 is 0 Å². The summed E-state index contributed by atoms with van der Waals surface area (Å²) in [7, 11) is 0. The predicted molar refractivity (Wildman–Crippen MR) is 239 cm³/mol. The van der Waals surface area contributed by atoms with Crippen LogP contribution in [0.5, 0.6) is 0 Å². The fourth-order valence-corrected chi connectivity index (χ4v) is 9.66. The fourth-order valence-electron chi connectivity index (χ4n) is 9.66. The van der Waals surface area contributed by atoms with Gasteiger partial charge in [-0.05, 0) is 54.6 Å². The molecule has 5 heterocycles. The molecule has 270 valence electrons. The lowest BCUT2D eigenvalue weighted by Crippen LogP contribution is -2.10. The summed E-state index contributed by atoms with van der Waals surface area (Å²) in [6, 6.07) is 69.3. The van der Waals surface area contributed by atoms with E-state index in [4.69, 9.17) is 9.97 Å². The molecule has 0 saturated carbocycles. The molecule has 0 unspecified atom stereocenters. The maximum Gasteiger partial charge on any atom is 0.238 e. The molecule has 5 aromatic heterocycles. The maximum atomic E-state index is 5.58. The lowest BCUT2D eigenvalue weighted by atomic mass is 10.1. The highest BCUT2D eigenvalue weighted by molar-refractivity contribution is 6.16.